The van der Waals surface area contributed by atoms with Gasteiger partial charge < -0.3 is 19.4 Å². The highest BCUT2D eigenvalue weighted by Crippen LogP contribution is 2.02. The Morgan fingerprint density at radius 2 is 2.31 bits per heavy atom. The van der Waals surface area contributed by atoms with E-state index in [1.165, 1.54) is 5.56 Å². The zero-order valence-electron chi connectivity index (χ0n) is 10.2. The highest BCUT2D eigenvalue weighted by molar-refractivity contribution is 5.04. The van der Waals surface area contributed by atoms with Crippen LogP contribution in [0.15, 0.2) is 23.0 Å². The van der Waals surface area contributed by atoms with Crippen molar-refractivity contribution in [1.82, 2.24) is 10.2 Å². The van der Waals surface area contributed by atoms with Crippen molar-refractivity contribution in [2.24, 2.45) is 0 Å². The van der Waals surface area contributed by atoms with Crippen LogP contribution in [-0.4, -0.2) is 44.8 Å². The van der Waals surface area contributed by atoms with Gasteiger partial charge in [-0.3, -0.25) is 0 Å². The Kier molecular flexibility index (Phi) is 6.88. The van der Waals surface area contributed by atoms with E-state index in [0.717, 1.165) is 39.4 Å². The molecule has 1 aromatic heterocycles. The Morgan fingerprint density at radius 1 is 1.44 bits per heavy atom. The van der Waals surface area contributed by atoms with Gasteiger partial charge in [0.1, 0.15) is 0 Å². The summed E-state index contributed by atoms with van der Waals surface area (Å²) in [5, 5.41) is 3.34. The molecule has 0 bridgehead atoms. The molecule has 0 fully saturated rings. The highest BCUT2D eigenvalue weighted by atomic mass is 16.5. The van der Waals surface area contributed by atoms with Crippen molar-refractivity contribution in [3.63, 3.8) is 0 Å². The van der Waals surface area contributed by atoms with E-state index in [4.69, 9.17) is 9.15 Å². The number of likely N-dealkylation sites (N-methyl/N-ethyl adjacent to an activating group) is 1. The van der Waals surface area contributed by atoms with Crippen LogP contribution >= 0.6 is 0 Å². The highest BCUT2D eigenvalue weighted by Gasteiger charge is 2.00. The van der Waals surface area contributed by atoms with Gasteiger partial charge in [-0.2, -0.15) is 0 Å². The van der Waals surface area contributed by atoms with Crippen molar-refractivity contribution in [3.05, 3.63) is 24.2 Å². The molecule has 4 heteroatoms. The van der Waals surface area contributed by atoms with Gasteiger partial charge in [-0.1, -0.05) is 0 Å². The molecular weight excluding hydrogens is 204 g/mol. The molecule has 0 aliphatic rings. The van der Waals surface area contributed by atoms with Crippen molar-refractivity contribution < 1.29 is 9.15 Å². The fraction of sp³-hybridized carbons (Fsp3) is 0.667. The molecule has 0 spiro atoms. The first-order valence-corrected chi connectivity index (χ1v) is 5.81. The molecule has 1 rings (SSSR count). The summed E-state index contributed by atoms with van der Waals surface area (Å²) in [5.41, 5.74) is 1.22. The van der Waals surface area contributed by atoms with E-state index in [0.29, 0.717) is 0 Å². The van der Waals surface area contributed by atoms with E-state index in [1.807, 2.05) is 13.0 Å². The van der Waals surface area contributed by atoms with E-state index >= 15 is 0 Å². The van der Waals surface area contributed by atoms with Gasteiger partial charge in [0.2, 0.25) is 0 Å². The predicted molar refractivity (Wildman–Crippen MR) is 64.4 cm³/mol. The van der Waals surface area contributed by atoms with Gasteiger partial charge in [0.15, 0.2) is 0 Å². The van der Waals surface area contributed by atoms with Gasteiger partial charge in [-0.25, -0.2) is 0 Å². The second kappa shape index (κ2) is 8.33. The number of hydrogen-bond acceptors (Lipinski definition) is 4. The molecular formula is C12H22N2O2. The average molecular weight is 226 g/mol. The van der Waals surface area contributed by atoms with Crippen molar-refractivity contribution >= 4 is 0 Å². The first-order chi connectivity index (χ1) is 7.83. The van der Waals surface area contributed by atoms with E-state index < -0.39 is 0 Å². The number of rotatable bonds is 9. The summed E-state index contributed by atoms with van der Waals surface area (Å²) in [6.45, 7) is 7.47. The summed E-state index contributed by atoms with van der Waals surface area (Å²) in [4.78, 5) is 2.26. The summed E-state index contributed by atoms with van der Waals surface area (Å²) in [6.07, 6.45) is 3.50. The van der Waals surface area contributed by atoms with Gasteiger partial charge >= 0.3 is 0 Å². The molecule has 0 aromatic carbocycles. The molecule has 0 radical (unpaired) electrons. The van der Waals surface area contributed by atoms with Crippen molar-refractivity contribution in [2.75, 3.05) is 39.9 Å². The van der Waals surface area contributed by atoms with Crippen LogP contribution in [0.2, 0.25) is 0 Å². The van der Waals surface area contributed by atoms with E-state index in [9.17, 15) is 0 Å². The average Bonchev–Trinajstić information content (AvgIpc) is 2.76. The summed E-state index contributed by atoms with van der Waals surface area (Å²) < 4.78 is 10.3. The first kappa shape index (κ1) is 13.2. The Bertz CT molecular complexity index is 250. The van der Waals surface area contributed by atoms with Crippen LogP contribution in [-0.2, 0) is 11.3 Å². The van der Waals surface area contributed by atoms with Crippen molar-refractivity contribution in [1.29, 1.82) is 0 Å². The summed E-state index contributed by atoms with van der Waals surface area (Å²) in [5.74, 6) is 0. The van der Waals surface area contributed by atoms with Crippen molar-refractivity contribution in [2.45, 2.75) is 13.5 Å². The lowest BCUT2D eigenvalue weighted by atomic mass is 10.3. The number of hydrogen-bond donors (Lipinski definition) is 1. The fourth-order valence-electron chi connectivity index (χ4n) is 1.46. The first-order valence-electron chi connectivity index (χ1n) is 5.81. The maximum Gasteiger partial charge on any atom is 0.0947 e. The molecule has 1 heterocycles. The normalized spacial score (nSPS) is 11.2. The van der Waals surface area contributed by atoms with Crippen LogP contribution in [0.1, 0.15) is 12.5 Å². The second-order valence-electron chi connectivity index (χ2n) is 3.82. The van der Waals surface area contributed by atoms with Gasteiger partial charge in [0, 0.05) is 38.3 Å². The third-order valence-electron chi connectivity index (χ3n) is 2.33. The number of nitrogens with one attached hydrogen (secondary N) is 1. The Morgan fingerprint density at radius 3 is 3.00 bits per heavy atom. The molecule has 0 atom stereocenters. The quantitative estimate of drug-likeness (QED) is 0.645. The minimum Gasteiger partial charge on any atom is -0.472 e. The van der Waals surface area contributed by atoms with Crippen LogP contribution in [0.3, 0.4) is 0 Å². The SMILES string of the molecule is CCOCCNCCN(C)Cc1ccoc1. The summed E-state index contributed by atoms with van der Waals surface area (Å²) in [7, 11) is 2.11. The summed E-state index contributed by atoms with van der Waals surface area (Å²) >= 11 is 0. The third-order valence-corrected chi connectivity index (χ3v) is 2.33. The van der Waals surface area contributed by atoms with E-state index in [1.54, 1.807) is 12.5 Å². The number of ether oxygens (including phenoxy) is 1. The maximum absolute atomic E-state index is 5.24. The van der Waals surface area contributed by atoms with Gasteiger partial charge in [-0.05, 0) is 20.0 Å². The van der Waals surface area contributed by atoms with Gasteiger partial charge in [0.25, 0.3) is 0 Å². The smallest absolute Gasteiger partial charge is 0.0947 e. The van der Waals surface area contributed by atoms with Crippen LogP contribution in [0, 0.1) is 0 Å². The Labute approximate surface area is 97.6 Å². The number of nitrogens with zero attached hydrogens (tertiary/aromatic N) is 1. The lowest BCUT2D eigenvalue weighted by Crippen LogP contribution is -2.30. The lowest BCUT2D eigenvalue weighted by Gasteiger charge is -2.15. The van der Waals surface area contributed by atoms with Crippen LogP contribution in [0.4, 0.5) is 0 Å². The zero-order valence-corrected chi connectivity index (χ0v) is 10.2. The fourth-order valence-corrected chi connectivity index (χ4v) is 1.46. The van der Waals surface area contributed by atoms with Gasteiger partial charge in [0.05, 0.1) is 19.1 Å². The van der Waals surface area contributed by atoms with Crippen molar-refractivity contribution in [3.8, 4) is 0 Å². The number of furan rings is 1. The van der Waals surface area contributed by atoms with Gasteiger partial charge in [-0.15, -0.1) is 0 Å². The standard InChI is InChI=1S/C12H22N2O2/c1-3-15-9-6-13-5-7-14(2)10-12-4-8-16-11-12/h4,8,11,13H,3,5-7,9-10H2,1-2H3. The summed E-state index contributed by atoms with van der Waals surface area (Å²) in [6, 6.07) is 2.00. The molecule has 0 saturated heterocycles. The molecule has 1 aromatic rings. The molecule has 0 aliphatic carbocycles. The third kappa shape index (κ3) is 5.90. The Balaban J connectivity index is 1.96. The van der Waals surface area contributed by atoms with Crippen LogP contribution in [0.25, 0.3) is 0 Å². The van der Waals surface area contributed by atoms with Crippen LogP contribution < -0.4 is 5.32 Å². The molecule has 0 aliphatic heterocycles. The minimum atomic E-state index is 0.794. The molecule has 0 saturated carbocycles. The zero-order chi connectivity index (χ0) is 11.6. The van der Waals surface area contributed by atoms with Crippen LogP contribution in [0.5, 0.6) is 0 Å². The second-order valence-corrected chi connectivity index (χ2v) is 3.82. The van der Waals surface area contributed by atoms with E-state index in [-0.39, 0.29) is 0 Å². The molecule has 0 amide bonds. The molecule has 0 unspecified atom stereocenters. The minimum absolute atomic E-state index is 0.794. The topological polar surface area (TPSA) is 37.6 Å². The largest absolute Gasteiger partial charge is 0.472 e. The molecule has 16 heavy (non-hydrogen) atoms. The molecule has 1 N–H and O–H groups in total. The molecule has 4 nitrogen and oxygen atoms in total. The maximum atomic E-state index is 5.24. The van der Waals surface area contributed by atoms with E-state index in [2.05, 4.69) is 17.3 Å². The monoisotopic (exact) mass is 226 g/mol. The predicted octanol–water partition coefficient (Wildman–Crippen LogP) is 1.34. The lowest BCUT2D eigenvalue weighted by molar-refractivity contribution is 0.148. The molecule has 92 valence electrons. The Hall–Kier alpha value is -0.840.